The Morgan fingerprint density at radius 2 is 2.00 bits per heavy atom. The molecule has 0 spiro atoms. The molecule has 0 N–H and O–H groups in total. The smallest absolute Gasteiger partial charge is 0.269 e. The fourth-order valence-electron chi connectivity index (χ4n) is 3.97. The molecule has 0 amide bonds. The molecule has 140 valence electrons. The van der Waals surface area contributed by atoms with Gasteiger partial charge in [0.25, 0.3) is 5.69 Å². The quantitative estimate of drug-likeness (QED) is 0.594. The van der Waals surface area contributed by atoms with Gasteiger partial charge in [0, 0.05) is 49.2 Å². The van der Waals surface area contributed by atoms with Crippen LogP contribution in [0.25, 0.3) is 0 Å². The number of hydrogen-bond donors (Lipinski definition) is 0. The summed E-state index contributed by atoms with van der Waals surface area (Å²) in [6, 6.07) is 14.7. The van der Waals surface area contributed by atoms with E-state index in [1.165, 1.54) is 0 Å². The second-order valence-corrected chi connectivity index (χ2v) is 6.98. The second kappa shape index (κ2) is 7.95. The second-order valence-electron chi connectivity index (χ2n) is 6.98. The molecule has 2 heterocycles. The Hall–Kier alpha value is -2.62. The molecule has 2 aromatic rings. The number of benzene rings is 2. The molecule has 0 aromatic heterocycles. The minimum absolute atomic E-state index is 0. The van der Waals surface area contributed by atoms with E-state index in [2.05, 4.69) is 11.0 Å². The third-order valence-corrected chi connectivity index (χ3v) is 5.37. The van der Waals surface area contributed by atoms with Crippen LogP contribution < -0.4 is 4.74 Å². The minimum atomic E-state index is -0.373. The van der Waals surface area contributed by atoms with Gasteiger partial charge >= 0.3 is 0 Å². The number of likely N-dealkylation sites (tertiary alicyclic amines) is 1. The van der Waals surface area contributed by atoms with E-state index < -0.39 is 0 Å². The lowest BCUT2D eigenvalue weighted by Gasteiger charge is -2.27. The van der Waals surface area contributed by atoms with Crippen LogP contribution in [0.2, 0.25) is 0 Å². The van der Waals surface area contributed by atoms with Crippen molar-refractivity contribution in [2.45, 2.75) is 12.3 Å². The Balaban J connectivity index is 0.00000210. The zero-order valence-electron chi connectivity index (χ0n) is 14.7. The lowest BCUT2D eigenvalue weighted by Crippen LogP contribution is -2.25. The normalized spacial score (nSPS) is 20.6. The van der Waals surface area contributed by atoms with Gasteiger partial charge in [-0.05, 0) is 30.2 Å². The molecule has 0 radical (unpaired) electrons. The van der Waals surface area contributed by atoms with Gasteiger partial charge in [-0.3, -0.25) is 10.1 Å². The molecule has 2 aromatic carbocycles. The van der Waals surface area contributed by atoms with Crippen LogP contribution in [-0.4, -0.2) is 36.1 Å². The molecule has 1 saturated heterocycles. The van der Waals surface area contributed by atoms with Crippen molar-refractivity contribution >= 4 is 18.1 Å². The lowest BCUT2D eigenvalue weighted by atomic mass is 9.86. The number of fused-ring (bicyclic) bond motifs is 3. The number of rotatable bonds is 4. The predicted octanol–water partition coefficient (Wildman–Crippen LogP) is 3.54. The summed E-state index contributed by atoms with van der Waals surface area (Å²) in [5, 5.41) is 19.9. The Kier molecular flexibility index (Phi) is 5.64. The summed E-state index contributed by atoms with van der Waals surface area (Å²) in [6.07, 6.45) is 0.864. The number of hydrogen-bond acceptors (Lipinski definition) is 5. The molecule has 0 unspecified atom stereocenters. The minimum Gasteiger partial charge on any atom is -0.493 e. The predicted molar refractivity (Wildman–Crippen MR) is 103 cm³/mol. The van der Waals surface area contributed by atoms with Crippen LogP contribution in [0.4, 0.5) is 5.69 Å². The molecule has 7 heteroatoms. The number of nitriles is 1. The first-order valence-corrected chi connectivity index (χ1v) is 8.76. The van der Waals surface area contributed by atoms with Crippen LogP contribution in [0.3, 0.4) is 0 Å². The standard InChI is InChI=1S/C20H19N3O3.ClH/c21-10-15-3-6-20-18(9-15)19-12-22(11-16(19)13-26-20)8-7-14-1-4-17(5-2-14)23(24)25;/h1-6,9,16,19H,7-8,11-13H2;1H/t16-,19+;/m1./s1. The number of nitrogens with zero attached hydrogens (tertiary/aromatic N) is 3. The van der Waals surface area contributed by atoms with Crippen LogP contribution in [0.1, 0.15) is 22.6 Å². The molecular weight excluding hydrogens is 366 g/mol. The summed E-state index contributed by atoms with van der Waals surface area (Å²) >= 11 is 0. The summed E-state index contributed by atoms with van der Waals surface area (Å²) in [5.74, 6) is 1.76. The molecule has 2 aliphatic rings. The topological polar surface area (TPSA) is 79.4 Å². The van der Waals surface area contributed by atoms with Crippen molar-refractivity contribution in [1.29, 1.82) is 5.26 Å². The first kappa shape index (κ1) is 19.2. The van der Waals surface area contributed by atoms with E-state index in [0.29, 0.717) is 17.4 Å². The van der Waals surface area contributed by atoms with Crippen LogP contribution in [0.5, 0.6) is 5.75 Å². The van der Waals surface area contributed by atoms with Gasteiger partial charge in [-0.15, -0.1) is 12.4 Å². The van der Waals surface area contributed by atoms with Gasteiger partial charge in [-0.25, -0.2) is 0 Å². The van der Waals surface area contributed by atoms with Gasteiger partial charge in [0.1, 0.15) is 5.75 Å². The maximum atomic E-state index is 10.7. The van der Waals surface area contributed by atoms with Crippen molar-refractivity contribution in [3.05, 3.63) is 69.3 Å². The van der Waals surface area contributed by atoms with E-state index >= 15 is 0 Å². The molecule has 0 saturated carbocycles. The summed E-state index contributed by atoms with van der Waals surface area (Å²) in [6.45, 7) is 3.58. The van der Waals surface area contributed by atoms with E-state index in [-0.39, 0.29) is 23.0 Å². The Labute approximate surface area is 163 Å². The van der Waals surface area contributed by atoms with Crippen molar-refractivity contribution in [1.82, 2.24) is 4.90 Å². The third kappa shape index (κ3) is 3.90. The van der Waals surface area contributed by atoms with Gasteiger partial charge in [0.15, 0.2) is 0 Å². The molecule has 4 rings (SSSR count). The average molecular weight is 386 g/mol. The van der Waals surface area contributed by atoms with Crippen LogP contribution in [0, 0.1) is 27.4 Å². The molecule has 6 nitrogen and oxygen atoms in total. The van der Waals surface area contributed by atoms with Crippen molar-refractivity contribution in [3.8, 4) is 11.8 Å². The zero-order valence-corrected chi connectivity index (χ0v) is 15.5. The highest BCUT2D eigenvalue weighted by Crippen LogP contribution is 2.41. The summed E-state index contributed by atoms with van der Waals surface area (Å²) in [5.41, 5.74) is 3.06. The van der Waals surface area contributed by atoms with E-state index in [9.17, 15) is 10.1 Å². The SMILES string of the molecule is Cl.N#Cc1ccc2c(c1)[C@H]1CN(CCc3ccc([N+](=O)[O-])cc3)C[C@@H]1CO2. The Bertz CT molecular complexity index is 879. The number of non-ortho nitro benzene ring substituents is 1. The molecular formula is C20H20ClN3O3. The maximum absolute atomic E-state index is 10.7. The summed E-state index contributed by atoms with van der Waals surface area (Å²) < 4.78 is 5.88. The maximum Gasteiger partial charge on any atom is 0.269 e. The van der Waals surface area contributed by atoms with E-state index in [0.717, 1.165) is 49.5 Å². The summed E-state index contributed by atoms with van der Waals surface area (Å²) in [4.78, 5) is 12.8. The highest BCUT2D eigenvalue weighted by molar-refractivity contribution is 5.85. The van der Waals surface area contributed by atoms with Crippen LogP contribution in [-0.2, 0) is 6.42 Å². The van der Waals surface area contributed by atoms with Crippen molar-refractivity contribution < 1.29 is 9.66 Å². The van der Waals surface area contributed by atoms with Crippen LogP contribution >= 0.6 is 12.4 Å². The number of halogens is 1. The molecule has 0 bridgehead atoms. The summed E-state index contributed by atoms with van der Waals surface area (Å²) in [7, 11) is 0. The first-order valence-electron chi connectivity index (χ1n) is 8.76. The highest BCUT2D eigenvalue weighted by Gasteiger charge is 2.38. The largest absolute Gasteiger partial charge is 0.493 e. The monoisotopic (exact) mass is 385 g/mol. The first-order chi connectivity index (χ1) is 12.6. The Morgan fingerprint density at radius 1 is 1.22 bits per heavy atom. The number of ether oxygens (including phenoxy) is 1. The van der Waals surface area contributed by atoms with Gasteiger partial charge in [0.05, 0.1) is 23.2 Å². The van der Waals surface area contributed by atoms with E-state index in [1.807, 2.05) is 24.3 Å². The van der Waals surface area contributed by atoms with Crippen molar-refractivity contribution in [2.24, 2.45) is 5.92 Å². The third-order valence-electron chi connectivity index (χ3n) is 5.37. The molecule has 27 heavy (non-hydrogen) atoms. The van der Waals surface area contributed by atoms with Gasteiger partial charge in [-0.2, -0.15) is 5.26 Å². The van der Waals surface area contributed by atoms with E-state index in [4.69, 9.17) is 10.00 Å². The zero-order chi connectivity index (χ0) is 18.1. The lowest BCUT2D eigenvalue weighted by molar-refractivity contribution is -0.384. The van der Waals surface area contributed by atoms with E-state index in [1.54, 1.807) is 18.2 Å². The van der Waals surface area contributed by atoms with Crippen LogP contribution in [0.15, 0.2) is 42.5 Å². The molecule has 2 aliphatic heterocycles. The Morgan fingerprint density at radius 3 is 2.70 bits per heavy atom. The van der Waals surface area contributed by atoms with Crippen molar-refractivity contribution in [3.63, 3.8) is 0 Å². The number of nitro groups is 1. The molecule has 1 fully saturated rings. The highest BCUT2D eigenvalue weighted by atomic mass is 35.5. The van der Waals surface area contributed by atoms with Gasteiger partial charge < -0.3 is 9.64 Å². The fraction of sp³-hybridized carbons (Fsp3) is 0.350. The molecule has 0 aliphatic carbocycles. The fourth-order valence-corrected chi connectivity index (χ4v) is 3.97. The number of nitro benzene ring substituents is 1. The van der Waals surface area contributed by atoms with Crippen molar-refractivity contribution in [2.75, 3.05) is 26.2 Å². The molecule has 2 atom stereocenters. The van der Waals surface area contributed by atoms with Gasteiger partial charge in [0.2, 0.25) is 0 Å². The van der Waals surface area contributed by atoms with Gasteiger partial charge in [-0.1, -0.05) is 12.1 Å². The average Bonchev–Trinajstić information content (AvgIpc) is 3.10.